The Morgan fingerprint density at radius 1 is 0.735 bits per heavy atom. The van der Waals surface area contributed by atoms with Crippen LogP contribution in [0.15, 0.2) is 46.0 Å². The van der Waals surface area contributed by atoms with E-state index in [1.54, 1.807) is 67.5 Å². The first-order chi connectivity index (χ1) is 22.6. The van der Waals surface area contributed by atoms with Crippen molar-refractivity contribution in [3.8, 4) is 0 Å². The van der Waals surface area contributed by atoms with Crippen LogP contribution in [0.4, 0.5) is 4.79 Å². The molecule has 0 unspecified atom stereocenters. The minimum Gasteiger partial charge on any atom is -0.472 e. The van der Waals surface area contributed by atoms with Crippen LogP contribution in [-0.2, 0) is 41.5 Å². The predicted molar refractivity (Wildman–Crippen MR) is 183 cm³/mol. The lowest BCUT2D eigenvalue weighted by Crippen LogP contribution is -2.59. The van der Waals surface area contributed by atoms with E-state index < -0.39 is 65.2 Å². The van der Waals surface area contributed by atoms with Crippen LogP contribution in [0.2, 0.25) is 0 Å². The van der Waals surface area contributed by atoms with Crippen molar-refractivity contribution in [2.24, 2.45) is 11.8 Å². The number of carbonyl (C=O) groups is 5. The van der Waals surface area contributed by atoms with E-state index >= 15 is 0 Å². The van der Waals surface area contributed by atoms with Crippen LogP contribution in [-0.4, -0.2) is 89.0 Å². The highest BCUT2D eigenvalue weighted by Crippen LogP contribution is 2.19. The number of hydrogen-bond donors (Lipinski definition) is 2. The second kappa shape index (κ2) is 17.4. The van der Waals surface area contributed by atoms with Gasteiger partial charge in [0.2, 0.25) is 17.7 Å². The van der Waals surface area contributed by atoms with Gasteiger partial charge in [-0.1, -0.05) is 27.7 Å². The fraction of sp³-hybridized carbons (Fsp3) is 0.639. The molecule has 2 N–H and O–H groups in total. The lowest BCUT2D eigenvalue weighted by atomic mass is 9.98. The average molecular weight is 689 g/mol. The summed E-state index contributed by atoms with van der Waals surface area (Å²) in [7, 11) is 2.95. The first kappa shape index (κ1) is 40.9. The van der Waals surface area contributed by atoms with Crippen molar-refractivity contribution in [3.05, 3.63) is 48.3 Å². The number of nitrogens with zero attached hydrogens (tertiary/aromatic N) is 2. The van der Waals surface area contributed by atoms with Crippen molar-refractivity contribution < 1.29 is 42.3 Å². The average Bonchev–Trinajstić information content (AvgIpc) is 3.68. The predicted octanol–water partition coefficient (Wildman–Crippen LogP) is 4.73. The normalized spacial score (nSPS) is 14.4. The molecule has 4 atom stereocenters. The molecule has 13 heteroatoms. The molecule has 2 aromatic heterocycles. The fourth-order valence-corrected chi connectivity index (χ4v) is 5.01. The maximum absolute atomic E-state index is 14.3. The van der Waals surface area contributed by atoms with E-state index in [1.807, 2.05) is 13.8 Å². The van der Waals surface area contributed by atoms with Crippen LogP contribution in [0, 0.1) is 11.8 Å². The molecule has 0 spiro atoms. The fourth-order valence-electron chi connectivity index (χ4n) is 5.01. The van der Waals surface area contributed by atoms with E-state index in [1.165, 1.54) is 48.9 Å². The van der Waals surface area contributed by atoms with E-state index in [2.05, 4.69) is 10.6 Å². The zero-order valence-electron chi connectivity index (χ0n) is 31.1. The number of amides is 4. The number of likely N-dealkylation sites (N-methyl/N-ethyl adjacent to an activating group) is 2. The van der Waals surface area contributed by atoms with Crippen molar-refractivity contribution >= 4 is 29.8 Å². The third-order valence-electron chi connectivity index (χ3n) is 7.53. The summed E-state index contributed by atoms with van der Waals surface area (Å²) in [6, 6.07) is -0.776. The lowest BCUT2D eigenvalue weighted by molar-refractivity contribution is -0.160. The summed E-state index contributed by atoms with van der Waals surface area (Å²) in [6.45, 7) is 17.8. The Labute approximate surface area is 290 Å². The Balaban J connectivity index is 2.42. The molecule has 0 aliphatic heterocycles. The van der Waals surface area contributed by atoms with Gasteiger partial charge in [-0.15, -0.1) is 0 Å². The zero-order valence-corrected chi connectivity index (χ0v) is 31.1. The van der Waals surface area contributed by atoms with Gasteiger partial charge in [0, 0.05) is 26.9 Å². The molecule has 49 heavy (non-hydrogen) atoms. The van der Waals surface area contributed by atoms with Crippen molar-refractivity contribution in [2.75, 3.05) is 14.1 Å². The Kier molecular flexibility index (Phi) is 14.5. The van der Waals surface area contributed by atoms with Gasteiger partial charge in [0.05, 0.1) is 25.1 Å². The smallest absolute Gasteiger partial charge is 0.410 e. The topological polar surface area (TPSA) is 161 Å². The molecule has 0 saturated heterocycles. The molecule has 0 aliphatic rings. The molecule has 0 radical (unpaired) electrons. The van der Waals surface area contributed by atoms with Crippen molar-refractivity contribution in [1.29, 1.82) is 0 Å². The molecule has 0 bridgehead atoms. The van der Waals surface area contributed by atoms with Gasteiger partial charge >= 0.3 is 12.1 Å². The Bertz CT molecular complexity index is 1370. The van der Waals surface area contributed by atoms with Gasteiger partial charge in [-0.25, -0.2) is 9.59 Å². The van der Waals surface area contributed by atoms with Crippen LogP contribution < -0.4 is 10.6 Å². The van der Waals surface area contributed by atoms with Crippen molar-refractivity contribution in [1.82, 2.24) is 20.4 Å². The molecule has 0 aliphatic carbocycles. The standard InChI is InChI=1S/C36H56N4O9/c1-22(2)17-26(37-30(41)28(19-25-14-16-47-21-25)40(12)34(45)49-36(8,9)10)32(43)39(11)27(18-24-13-15-46-20-24)31(42)38-29(23(3)4)33(44)48-35(5,6)7/h13-16,20-23,26-29H,17-19H2,1-12H3,(H,37,41)(H,38,42)/t26-,27-,28-,29-/m0/s1. The second-order valence-corrected chi connectivity index (χ2v) is 15.2. The molecule has 13 nitrogen and oxygen atoms in total. The Morgan fingerprint density at radius 3 is 1.61 bits per heavy atom. The quantitative estimate of drug-likeness (QED) is 0.252. The largest absolute Gasteiger partial charge is 0.472 e. The monoisotopic (exact) mass is 688 g/mol. The summed E-state index contributed by atoms with van der Waals surface area (Å²) < 4.78 is 21.5. The van der Waals surface area contributed by atoms with Gasteiger partial charge in [-0.3, -0.25) is 19.3 Å². The molecule has 0 aromatic carbocycles. The zero-order chi connectivity index (χ0) is 37.3. The molecule has 0 fully saturated rings. The summed E-state index contributed by atoms with van der Waals surface area (Å²) >= 11 is 0. The molecule has 4 amide bonds. The molecule has 274 valence electrons. The maximum atomic E-state index is 14.3. The van der Waals surface area contributed by atoms with Crippen LogP contribution in [0.1, 0.15) is 86.8 Å². The van der Waals surface area contributed by atoms with E-state index in [0.717, 1.165) is 0 Å². The van der Waals surface area contributed by atoms with Gasteiger partial charge < -0.3 is 33.8 Å². The highest BCUT2D eigenvalue weighted by molar-refractivity contribution is 5.95. The minimum atomic E-state index is -1.08. The SMILES string of the molecule is CC(C)C[C@H](NC(=O)[C@H](Cc1ccoc1)N(C)C(=O)OC(C)(C)C)C(=O)N(C)[C@@H](Cc1ccoc1)C(=O)N[C@H](C(=O)OC(C)(C)C)C(C)C. The number of ether oxygens (including phenoxy) is 2. The number of hydrogen-bond acceptors (Lipinski definition) is 9. The Morgan fingerprint density at radius 2 is 1.20 bits per heavy atom. The number of rotatable bonds is 15. The van der Waals surface area contributed by atoms with Crippen molar-refractivity contribution in [2.45, 2.75) is 124 Å². The first-order valence-electron chi connectivity index (χ1n) is 16.7. The highest BCUT2D eigenvalue weighted by atomic mass is 16.6. The Hall–Kier alpha value is -4.29. The highest BCUT2D eigenvalue weighted by Gasteiger charge is 2.38. The second-order valence-electron chi connectivity index (χ2n) is 15.2. The van der Waals surface area contributed by atoms with Gasteiger partial charge in [0.25, 0.3) is 0 Å². The third kappa shape index (κ3) is 13.3. The number of esters is 1. The summed E-state index contributed by atoms with van der Waals surface area (Å²) in [5.41, 5.74) is -0.251. The molecular weight excluding hydrogens is 632 g/mol. The van der Waals surface area contributed by atoms with Crippen LogP contribution >= 0.6 is 0 Å². The van der Waals surface area contributed by atoms with Crippen LogP contribution in [0.25, 0.3) is 0 Å². The van der Waals surface area contributed by atoms with Gasteiger partial charge in [-0.05, 0) is 83.1 Å². The number of furan rings is 2. The van der Waals surface area contributed by atoms with E-state index in [4.69, 9.17) is 18.3 Å². The van der Waals surface area contributed by atoms with Crippen molar-refractivity contribution in [3.63, 3.8) is 0 Å². The van der Waals surface area contributed by atoms with Gasteiger partial charge in [0.15, 0.2) is 0 Å². The maximum Gasteiger partial charge on any atom is 0.410 e. The van der Waals surface area contributed by atoms with Crippen LogP contribution in [0.3, 0.4) is 0 Å². The minimum absolute atomic E-state index is 0.0304. The molecule has 2 rings (SSSR count). The first-order valence-corrected chi connectivity index (χ1v) is 16.7. The van der Waals surface area contributed by atoms with E-state index in [9.17, 15) is 24.0 Å². The molecular formula is C36H56N4O9. The lowest BCUT2D eigenvalue weighted by Gasteiger charge is -2.34. The summed E-state index contributed by atoms with van der Waals surface area (Å²) in [6.07, 6.45) is 5.61. The summed E-state index contributed by atoms with van der Waals surface area (Å²) in [5, 5.41) is 5.67. The molecule has 2 heterocycles. The van der Waals surface area contributed by atoms with E-state index in [-0.39, 0.29) is 31.1 Å². The molecule has 0 saturated carbocycles. The van der Waals surface area contributed by atoms with Gasteiger partial charge in [0.1, 0.15) is 35.4 Å². The van der Waals surface area contributed by atoms with E-state index in [0.29, 0.717) is 11.1 Å². The number of carbonyl (C=O) groups excluding carboxylic acids is 5. The number of nitrogens with one attached hydrogen (secondary N) is 2. The summed E-state index contributed by atoms with van der Waals surface area (Å²) in [5.74, 6) is -2.60. The third-order valence-corrected chi connectivity index (χ3v) is 7.53. The molecule has 2 aromatic rings. The summed E-state index contributed by atoms with van der Waals surface area (Å²) in [4.78, 5) is 70.8. The van der Waals surface area contributed by atoms with Crippen LogP contribution in [0.5, 0.6) is 0 Å². The van der Waals surface area contributed by atoms with Gasteiger partial charge in [-0.2, -0.15) is 0 Å².